The predicted molar refractivity (Wildman–Crippen MR) is 96.3 cm³/mol. The fourth-order valence-corrected chi connectivity index (χ4v) is 3.87. The van der Waals surface area contributed by atoms with Crippen LogP contribution in [0, 0.1) is 0 Å². The second-order valence-corrected chi connectivity index (χ2v) is 7.21. The van der Waals surface area contributed by atoms with E-state index >= 15 is 0 Å². The average molecular weight is 350 g/mol. The van der Waals surface area contributed by atoms with Gasteiger partial charge >= 0.3 is 0 Å². The molecule has 3 rings (SSSR count). The second kappa shape index (κ2) is 6.82. The molecular weight excluding hydrogens is 329 g/mol. The Labute approximate surface area is 148 Å². The predicted octanol–water partition coefficient (Wildman–Crippen LogP) is 5.11. The molecular formula is C19H21Cl2NO. The maximum Gasteiger partial charge on any atom is 0.119 e. The molecule has 1 atom stereocenters. The standard InChI is InChI=1S/C19H21Cl2NO/c1-22(2)9-5-8-19(15-10-16(20)12-17(21)11-15)18-7-4-3-6-14(18)13-23-19/h3-4,6-7,10-12H,5,8-9,13H2,1-2H3/t19-/m0/s1. The topological polar surface area (TPSA) is 12.5 Å². The van der Waals surface area contributed by atoms with Crippen LogP contribution in [0.15, 0.2) is 42.5 Å². The number of rotatable bonds is 5. The van der Waals surface area contributed by atoms with Crippen LogP contribution < -0.4 is 0 Å². The third kappa shape index (κ3) is 3.41. The molecule has 0 fully saturated rings. The van der Waals surface area contributed by atoms with Gasteiger partial charge in [-0.1, -0.05) is 47.5 Å². The Morgan fingerprint density at radius 2 is 1.78 bits per heavy atom. The quantitative estimate of drug-likeness (QED) is 0.743. The molecule has 0 amide bonds. The first-order valence-electron chi connectivity index (χ1n) is 7.85. The molecule has 0 saturated heterocycles. The molecule has 1 aliphatic rings. The molecule has 1 heterocycles. The van der Waals surface area contributed by atoms with Crippen molar-refractivity contribution in [3.05, 3.63) is 69.2 Å². The van der Waals surface area contributed by atoms with Crippen LogP contribution >= 0.6 is 23.2 Å². The van der Waals surface area contributed by atoms with E-state index in [0.717, 1.165) is 24.9 Å². The van der Waals surface area contributed by atoms with Gasteiger partial charge in [0.05, 0.1) is 6.61 Å². The summed E-state index contributed by atoms with van der Waals surface area (Å²) in [5, 5.41) is 1.29. The molecule has 0 aliphatic carbocycles. The number of hydrogen-bond donors (Lipinski definition) is 0. The second-order valence-electron chi connectivity index (χ2n) is 6.34. The lowest BCUT2D eigenvalue weighted by atomic mass is 9.82. The van der Waals surface area contributed by atoms with E-state index in [-0.39, 0.29) is 0 Å². The van der Waals surface area contributed by atoms with Crippen molar-refractivity contribution in [3.63, 3.8) is 0 Å². The molecule has 0 N–H and O–H groups in total. The van der Waals surface area contributed by atoms with Gasteiger partial charge in [0.15, 0.2) is 0 Å². The normalized spacial score (nSPS) is 20.0. The summed E-state index contributed by atoms with van der Waals surface area (Å²) in [7, 11) is 4.18. The first kappa shape index (κ1) is 16.8. The van der Waals surface area contributed by atoms with Crippen molar-refractivity contribution in [2.45, 2.75) is 25.0 Å². The van der Waals surface area contributed by atoms with Crippen molar-refractivity contribution in [1.29, 1.82) is 0 Å². The van der Waals surface area contributed by atoms with Gasteiger partial charge in [-0.3, -0.25) is 0 Å². The highest BCUT2D eigenvalue weighted by molar-refractivity contribution is 6.34. The van der Waals surface area contributed by atoms with E-state index in [1.165, 1.54) is 11.1 Å². The zero-order chi connectivity index (χ0) is 16.4. The van der Waals surface area contributed by atoms with Crippen LogP contribution in [0.2, 0.25) is 10.0 Å². The largest absolute Gasteiger partial charge is 0.361 e. The summed E-state index contributed by atoms with van der Waals surface area (Å²) in [6.45, 7) is 1.64. The van der Waals surface area contributed by atoms with Crippen LogP contribution in [0.1, 0.15) is 29.5 Å². The molecule has 23 heavy (non-hydrogen) atoms. The lowest BCUT2D eigenvalue weighted by Crippen LogP contribution is -2.28. The summed E-state index contributed by atoms with van der Waals surface area (Å²) in [6, 6.07) is 14.1. The zero-order valence-corrected chi connectivity index (χ0v) is 15.0. The van der Waals surface area contributed by atoms with E-state index in [9.17, 15) is 0 Å². The van der Waals surface area contributed by atoms with Gasteiger partial charge in [0.2, 0.25) is 0 Å². The Hall–Kier alpha value is -1.06. The summed E-state index contributed by atoms with van der Waals surface area (Å²) in [5.74, 6) is 0. The fraction of sp³-hybridized carbons (Fsp3) is 0.368. The first-order valence-corrected chi connectivity index (χ1v) is 8.60. The van der Waals surface area contributed by atoms with Crippen molar-refractivity contribution in [2.75, 3.05) is 20.6 Å². The highest BCUT2D eigenvalue weighted by Gasteiger charge is 2.41. The minimum absolute atomic E-state index is 0.457. The first-order chi connectivity index (χ1) is 11.0. The third-order valence-corrected chi connectivity index (χ3v) is 4.83. The smallest absolute Gasteiger partial charge is 0.119 e. The number of fused-ring (bicyclic) bond motifs is 1. The summed E-state index contributed by atoms with van der Waals surface area (Å²) < 4.78 is 6.35. The van der Waals surface area contributed by atoms with Crippen molar-refractivity contribution in [3.8, 4) is 0 Å². The van der Waals surface area contributed by atoms with E-state index in [0.29, 0.717) is 16.7 Å². The van der Waals surface area contributed by atoms with Crippen LogP contribution in [-0.2, 0) is 16.9 Å². The molecule has 4 heteroatoms. The molecule has 0 spiro atoms. The molecule has 0 radical (unpaired) electrons. The molecule has 2 aromatic carbocycles. The van der Waals surface area contributed by atoms with Gasteiger partial charge in [0.1, 0.15) is 5.60 Å². The van der Waals surface area contributed by atoms with E-state index in [2.05, 4.69) is 43.3 Å². The lowest BCUT2D eigenvalue weighted by Gasteiger charge is -2.31. The summed E-state index contributed by atoms with van der Waals surface area (Å²) >= 11 is 12.5. The highest BCUT2D eigenvalue weighted by Crippen LogP contribution is 2.46. The summed E-state index contributed by atoms with van der Waals surface area (Å²) in [6.07, 6.45) is 1.93. The van der Waals surface area contributed by atoms with E-state index < -0.39 is 5.60 Å². The van der Waals surface area contributed by atoms with Gasteiger partial charge in [-0.2, -0.15) is 0 Å². The Bertz CT molecular complexity index is 681. The van der Waals surface area contributed by atoms with Crippen LogP contribution in [0.25, 0.3) is 0 Å². The SMILES string of the molecule is CN(C)CCC[C@@]1(c2cc(Cl)cc(Cl)c2)OCc2ccccc21. The van der Waals surface area contributed by atoms with Gasteiger partial charge in [-0.15, -0.1) is 0 Å². The Morgan fingerprint density at radius 3 is 2.48 bits per heavy atom. The van der Waals surface area contributed by atoms with Gasteiger partial charge in [-0.25, -0.2) is 0 Å². The van der Waals surface area contributed by atoms with Crippen LogP contribution in [0.3, 0.4) is 0 Å². The maximum absolute atomic E-state index is 6.35. The van der Waals surface area contributed by atoms with E-state index in [1.54, 1.807) is 6.07 Å². The van der Waals surface area contributed by atoms with Gasteiger partial charge < -0.3 is 9.64 Å². The molecule has 0 aromatic heterocycles. The Morgan fingerprint density at radius 1 is 1.09 bits per heavy atom. The Kier molecular flexibility index (Phi) is 4.98. The molecule has 2 aromatic rings. The molecule has 0 saturated carbocycles. The van der Waals surface area contributed by atoms with Gasteiger partial charge in [0.25, 0.3) is 0 Å². The number of benzene rings is 2. The molecule has 0 unspecified atom stereocenters. The molecule has 122 valence electrons. The van der Waals surface area contributed by atoms with Crippen LogP contribution in [0.5, 0.6) is 0 Å². The summed E-state index contributed by atoms with van der Waals surface area (Å²) in [5.41, 5.74) is 3.06. The molecule has 1 aliphatic heterocycles. The van der Waals surface area contributed by atoms with Crippen molar-refractivity contribution in [1.82, 2.24) is 4.90 Å². The molecule has 2 nitrogen and oxygen atoms in total. The monoisotopic (exact) mass is 349 g/mol. The number of halogens is 2. The number of nitrogens with zero attached hydrogens (tertiary/aromatic N) is 1. The average Bonchev–Trinajstić information content (AvgIpc) is 2.86. The highest BCUT2D eigenvalue weighted by atomic mass is 35.5. The van der Waals surface area contributed by atoms with E-state index in [1.807, 2.05) is 12.1 Å². The number of hydrogen-bond acceptors (Lipinski definition) is 2. The number of ether oxygens (including phenoxy) is 1. The van der Waals surface area contributed by atoms with Crippen molar-refractivity contribution >= 4 is 23.2 Å². The molecule has 0 bridgehead atoms. The summed E-state index contributed by atoms with van der Waals surface area (Å²) in [4.78, 5) is 2.19. The fourth-order valence-electron chi connectivity index (χ4n) is 3.34. The van der Waals surface area contributed by atoms with Crippen LogP contribution in [-0.4, -0.2) is 25.5 Å². The minimum Gasteiger partial charge on any atom is -0.361 e. The van der Waals surface area contributed by atoms with E-state index in [4.69, 9.17) is 27.9 Å². The zero-order valence-electron chi connectivity index (χ0n) is 13.5. The maximum atomic E-state index is 6.35. The van der Waals surface area contributed by atoms with Gasteiger partial charge in [-0.05, 0) is 68.4 Å². The van der Waals surface area contributed by atoms with Crippen molar-refractivity contribution in [2.24, 2.45) is 0 Å². The third-order valence-electron chi connectivity index (χ3n) is 4.39. The lowest BCUT2D eigenvalue weighted by molar-refractivity contribution is -0.0139. The van der Waals surface area contributed by atoms with Crippen molar-refractivity contribution < 1.29 is 4.74 Å². The van der Waals surface area contributed by atoms with Crippen LogP contribution in [0.4, 0.5) is 0 Å². The van der Waals surface area contributed by atoms with Gasteiger partial charge in [0, 0.05) is 10.0 Å². The minimum atomic E-state index is -0.457. The Balaban J connectivity index is 2.04.